The molecule has 2 aromatic rings. The summed E-state index contributed by atoms with van der Waals surface area (Å²) in [5.74, 6) is 0.610. The molecule has 2 aliphatic rings. The van der Waals surface area contributed by atoms with E-state index in [4.69, 9.17) is 4.74 Å². The molecule has 6 nitrogen and oxygen atoms in total. The predicted molar refractivity (Wildman–Crippen MR) is 129 cm³/mol. The minimum atomic E-state index is -3.29. The molecule has 0 bridgehead atoms. The molecule has 4 rings (SSSR count). The van der Waals surface area contributed by atoms with Crippen LogP contribution in [0.2, 0.25) is 0 Å². The van der Waals surface area contributed by atoms with Crippen molar-refractivity contribution in [2.45, 2.75) is 63.1 Å². The first-order valence-electron chi connectivity index (χ1n) is 10.8. The summed E-state index contributed by atoms with van der Waals surface area (Å²) < 4.78 is 33.9. The number of ether oxygens (including phenoxy) is 1. The van der Waals surface area contributed by atoms with Crippen molar-refractivity contribution in [2.24, 2.45) is 0 Å². The molecule has 170 valence electrons. The molecule has 0 unspecified atom stereocenters. The van der Waals surface area contributed by atoms with Gasteiger partial charge in [-0.25, -0.2) is 18.1 Å². The average molecular weight is 529 g/mol. The molecule has 1 aliphatic heterocycles. The van der Waals surface area contributed by atoms with Crippen molar-refractivity contribution in [1.29, 1.82) is 0 Å². The van der Waals surface area contributed by atoms with Crippen LogP contribution in [0.3, 0.4) is 0 Å². The summed E-state index contributed by atoms with van der Waals surface area (Å²) in [6.07, 6.45) is 6.54. The molecule has 9 heteroatoms. The van der Waals surface area contributed by atoms with Gasteiger partial charge in [0, 0.05) is 17.5 Å². The lowest BCUT2D eigenvalue weighted by molar-refractivity contribution is 0.0157. The maximum atomic E-state index is 11.9. The third kappa shape index (κ3) is 5.87. The van der Waals surface area contributed by atoms with Gasteiger partial charge in [-0.1, -0.05) is 30.3 Å². The van der Waals surface area contributed by atoms with E-state index < -0.39 is 10.0 Å². The first kappa shape index (κ1) is 23.2. The maximum Gasteiger partial charge on any atom is 0.209 e. The highest BCUT2D eigenvalue weighted by Crippen LogP contribution is 2.36. The second-order valence-electron chi connectivity index (χ2n) is 8.61. The van der Waals surface area contributed by atoms with E-state index in [2.05, 4.69) is 60.9 Å². The van der Waals surface area contributed by atoms with Crippen LogP contribution < -0.4 is 9.62 Å². The molecule has 31 heavy (non-hydrogen) atoms. The Labute approximate surface area is 197 Å². The Morgan fingerprint density at radius 2 is 1.90 bits per heavy atom. The molecule has 2 fully saturated rings. The quantitative estimate of drug-likeness (QED) is 0.575. The molecule has 0 radical (unpaired) electrons. The molecule has 2 atom stereocenters. The van der Waals surface area contributed by atoms with Gasteiger partial charge in [0.1, 0.15) is 4.60 Å². The van der Waals surface area contributed by atoms with Gasteiger partial charge in [-0.2, -0.15) is 0 Å². The van der Waals surface area contributed by atoms with Crippen LogP contribution in [0, 0.1) is 6.92 Å². The highest BCUT2D eigenvalue weighted by atomic mass is 79.9. The number of anilines is 1. The predicted octanol–water partition coefficient (Wildman–Crippen LogP) is 4.45. The highest BCUT2D eigenvalue weighted by molar-refractivity contribution is 9.10. The van der Waals surface area contributed by atoms with Gasteiger partial charge in [-0.3, -0.25) is 0 Å². The Kier molecular flexibility index (Phi) is 7.37. The zero-order valence-electron chi connectivity index (χ0n) is 18.0. The van der Waals surface area contributed by atoms with E-state index in [-0.39, 0.29) is 18.2 Å². The van der Waals surface area contributed by atoms with Crippen LogP contribution in [0.5, 0.6) is 0 Å². The molecular formula is C22H30BrN3O3S2. The van der Waals surface area contributed by atoms with Crippen molar-refractivity contribution in [3.63, 3.8) is 0 Å². The van der Waals surface area contributed by atoms with E-state index in [1.165, 1.54) is 11.8 Å². The van der Waals surface area contributed by atoms with Crippen molar-refractivity contribution in [2.75, 3.05) is 24.3 Å². The number of hydrogen-bond acceptors (Lipinski definition) is 6. The van der Waals surface area contributed by atoms with E-state index in [1.54, 1.807) is 11.3 Å². The van der Waals surface area contributed by atoms with Gasteiger partial charge in [0.25, 0.3) is 0 Å². The molecule has 1 aromatic heterocycles. The summed E-state index contributed by atoms with van der Waals surface area (Å²) >= 11 is 5.13. The minimum Gasteiger partial charge on any atom is -0.376 e. The van der Waals surface area contributed by atoms with E-state index in [9.17, 15) is 8.42 Å². The zero-order chi connectivity index (χ0) is 22.0. The first-order valence-corrected chi connectivity index (χ1v) is 14.3. The summed E-state index contributed by atoms with van der Waals surface area (Å²) in [5.41, 5.74) is 1.42. The van der Waals surface area contributed by atoms with Crippen molar-refractivity contribution < 1.29 is 13.2 Å². The molecule has 1 saturated carbocycles. The van der Waals surface area contributed by atoms with Crippen molar-refractivity contribution >= 4 is 42.4 Å². The highest BCUT2D eigenvalue weighted by Gasteiger charge is 2.38. The van der Waals surface area contributed by atoms with Crippen LogP contribution >= 0.6 is 27.3 Å². The molecule has 2 heterocycles. The fourth-order valence-corrected chi connectivity index (χ4v) is 6.96. The van der Waals surface area contributed by atoms with Crippen LogP contribution in [-0.2, 0) is 14.8 Å². The fourth-order valence-electron chi connectivity index (χ4n) is 4.72. The summed E-state index contributed by atoms with van der Waals surface area (Å²) in [6, 6.07) is 10.5. The summed E-state index contributed by atoms with van der Waals surface area (Å²) in [6.45, 7) is 3.30. The molecule has 1 N–H and O–H groups in total. The molecule has 0 amide bonds. The SMILES string of the molecule is Cc1sc(N2CC[C@H](NS(C)(=O)=O)[C@@H]2CO[C@H]2CC[C@@H](c3ccccc3)CC2)nc1Br. The number of sulfonamides is 1. The van der Waals surface area contributed by atoms with Crippen LogP contribution in [0.15, 0.2) is 34.9 Å². The van der Waals surface area contributed by atoms with Crippen molar-refractivity contribution in [3.05, 3.63) is 45.4 Å². The van der Waals surface area contributed by atoms with Gasteiger partial charge in [0.2, 0.25) is 10.0 Å². The van der Waals surface area contributed by atoms with Gasteiger partial charge >= 0.3 is 0 Å². The topological polar surface area (TPSA) is 71.5 Å². The largest absolute Gasteiger partial charge is 0.376 e. The smallest absolute Gasteiger partial charge is 0.209 e. The molecule has 1 saturated heterocycles. The van der Waals surface area contributed by atoms with Gasteiger partial charge < -0.3 is 9.64 Å². The Hall–Kier alpha value is -1.00. The lowest BCUT2D eigenvalue weighted by Crippen LogP contribution is -2.48. The molecule has 1 aliphatic carbocycles. The number of aromatic nitrogens is 1. The monoisotopic (exact) mass is 527 g/mol. The second-order valence-corrected chi connectivity index (χ2v) is 12.3. The van der Waals surface area contributed by atoms with Crippen LogP contribution in [0.4, 0.5) is 5.13 Å². The normalized spacial score (nSPS) is 27.0. The van der Waals surface area contributed by atoms with Crippen LogP contribution in [0.25, 0.3) is 0 Å². The third-order valence-corrected chi connectivity index (χ3v) is 9.11. The number of nitrogens with one attached hydrogen (secondary N) is 1. The van der Waals surface area contributed by atoms with E-state index in [0.29, 0.717) is 12.5 Å². The summed E-state index contributed by atoms with van der Waals surface area (Å²) in [7, 11) is -3.29. The first-order chi connectivity index (χ1) is 14.8. The van der Waals surface area contributed by atoms with Gasteiger partial charge in [0.05, 0.1) is 25.0 Å². The van der Waals surface area contributed by atoms with E-state index in [0.717, 1.165) is 53.3 Å². The number of halogens is 1. The second kappa shape index (κ2) is 9.87. The van der Waals surface area contributed by atoms with Crippen molar-refractivity contribution in [1.82, 2.24) is 9.71 Å². The van der Waals surface area contributed by atoms with Crippen LogP contribution in [-0.4, -0.2) is 51.0 Å². The Morgan fingerprint density at radius 3 is 2.52 bits per heavy atom. The van der Waals surface area contributed by atoms with Crippen LogP contribution in [0.1, 0.15) is 48.5 Å². The lowest BCUT2D eigenvalue weighted by atomic mass is 9.83. The standard InChI is InChI=1S/C22H30BrN3O3S2/c1-15-21(23)24-22(30-15)26-13-12-19(25-31(2,27)28)20(26)14-29-18-10-8-17(9-11-18)16-6-4-3-5-7-16/h3-7,17-20,25H,8-14H2,1-2H3/t17-,18+,19-,20-/m0/s1. The number of hydrogen-bond donors (Lipinski definition) is 1. The fraction of sp³-hybridized carbons (Fsp3) is 0.591. The van der Waals surface area contributed by atoms with E-state index >= 15 is 0 Å². The molecule has 0 spiro atoms. The Morgan fingerprint density at radius 1 is 1.19 bits per heavy atom. The van der Waals surface area contributed by atoms with Gasteiger partial charge in [-0.05, 0) is 66.4 Å². The summed E-state index contributed by atoms with van der Waals surface area (Å²) in [4.78, 5) is 7.97. The van der Waals surface area contributed by atoms with Crippen molar-refractivity contribution in [3.8, 4) is 0 Å². The average Bonchev–Trinajstić information content (AvgIpc) is 3.28. The number of aryl methyl sites for hydroxylation is 1. The van der Waals surface area contributed by atoms with Gasteiger partial charge in [0.15, 0.2) is 5.13 Å². The number of rotatable bonds is 7. The number of benzene rings is 1. The summed E-state index contributed by atoms with van der Waals surface area (Å²) in [5, 5.41) is 0.920. The van der Waals surface area contributed by atoms with E-state index in [1.807, 2.05) is 6.92 Å². The third-order valence-electron chi connectivity index (χ3n) is 6.33. The lowest BCUT2D eigenvalue weighted by Gasteiger charge is -2.32. The number of nitrogens with zero attached hydrogens (tertiary/aromatic N) is 2. The zero-order valence-corrected chi connectivity index (χ0v) is 21.2. The molecular weight excluding hydrogens is 498 g/mol. The Balaban J connectivity index is 1.39. The Bertz CT molecular complexity index is 956. The molecule has 1 aromatic carbocycles. The van der Waals surface area contributed by atoms with Gasteiger partial charge in [-0.15, -0.1) is 11.3 Å². The number of thiazole rings is 1. The minimum absolute atomic E-state index is 0.0565. The maximum absolute atomic E-state index is 11.9.